The number of hydrogen-bond acceptors (Lipinski definition) is 3. The zero-order valence-electron chi connectivity index (χ0n) is 12.7. The number of aliphatic hydroxyl groups excluding tert-OH is 1. The summed E-state index contributed by atoms with van der Waals surface area (Å²) in [7, 11) is 0. The van der Waals surface area contributed by atoms with Crippen molar-refractivity contribution in [2.45, 2.75) is 84.2 Å². The van der Waals surface area contributed by atoms with Crippen LogP contribution in [0.25, 0.3) is 0 Å². The maximum absolute atomic E-state index is 11.8. The van der Waals surface area contributed by atoms with E-state index < -0.39 is 6.10 Å². The van der Waals surface area contributed by atoms with Crippen molar-refractivity contribution < 1.29 is 14.6 Å². The van der Waals surface area contributed by atoms with Gasteiger partial charge in [0.05, 0.1) is 24.7 Å². The summed E-state index contributed by atoms with van der Waals surface area (Å²) < 4.78 is 5.79. The summed E-state index contributed by atoms with van der Waals surface area (Å²) in [5, 5.41) is 12.7. The number of aliphatic hydroxyl groups is 1. The van der Waals surface area contributed by atoms with E-state index in [1.807, 2.05) is 13.8 Å². The summed E-state index contributed by atoms with van der Waals surface area (Å²) in [6, 6.07) is 0.249. The predicted octanol–water partition coefficient (Wildman–Crippen LogP) is 2.25. The Morgan fingerprint density at radius 2 is 1.79 bits per heavy atom. The molecule has 0 radical (unpaired) electrons. The molecule has 2 N–H and O–H groups in total. The summed E-state index contributed by atoms with van der Waals surface area (Å²) in [5.74, 6) is 0.0929. The summed E-state index contributed by atoms with van der Waals surface area (Å²) >= 11 is 0. The molecule has 0 aromatic carbocycles. The van der Waals surface area contributed by atoms with Crippen molar-refractivity contribution in [3.05, 3.63) is 0 Å². The Bertz CT molecular complexity index is 271. The highest BCUT2D eigenvalue weighted by Crippen LogP contribution is 2.22. The van der Waals surface area contributed by atoms with Crippen LogP contribution in [0.15, 0.2) is 0 Å². The Morgan fingerprint density at radius 3 is 2.26 bits per heavy atom. The zero-order chi connectivity index (χ0) is 14.4. The average Bonchev–Trinajstić information content (AvgIpc) is 2.30. The molecule has 0 aromatic heterocycles. The SMILES string of the molecule is CC(C)OC1CCC(NC(=O)CC(O)C(C)C)CC1. The normalized spacial score (nSPS) is 25.6. The van der Waals surface area contributed by atoms with Crippen molar-refractivity contribution in [3.63, 3.8) is 0 Å². The van der Waals surface area contributed by atoms with E-state index in [2.05, 4.69) is 19.2 Å². The molecule has 1 fully saturated rings. The molecule has 1 saturated carbocycles. The lowest BCUT2D eigenvalue weighted by molar-refractivity contribution is -0.124. The molecule has 0 heterocycles. The Kier molecular flexibility index (Phi) is 6.80. The van der Waals surface area contributed by atoms with Crippen LogP contribution < -0.4 is 5.32 Å². The molecule has 0 saturated heterocycles. The highest BCUT2D eigenvalue weighted by Gasteiger charge is 2.24. The van der Waals surface area contributed by atoms with Crippen LogP contribution in [0.3, 0.4) is 0 Å². The van der Waals surface area contributed by atoms with Crippen molar-refractivity contribution >= 4 is 5.91 Å². The first-order valence-electron chi connectivity index (χ1n) is 7.51. The summed E-state index contributed by atoms with van der Waals surface area (Å²) in [6.45, 7) is 7.96. The van der Waals surface area contributed by atoms with Crippen LogP contribution in [0.5, 0.6) is 0 Å². The molecule has 1 aliphatic carbocycles. The summed E-state index contributed by atoms with van der Waals surface area (Å²) in [5.41, 5.74) is 0. The topological polar surface area (TPSA) is 58.6 Å². The maximum atomic E-state index is 11.8. The van der Waals surface area contributed by atoms with Gasteiger partial charge in [-0.05, 0) is 45.4 Å². The minimum atomic E-state index is -0.541. The molecule has 112 valence electrons. The van der Waals surface area contributed by atoms with Crippen LogP contribution in [-0.2, 0) is 9.53 Å². The number of rotatable bonds is 6. The van der Waals surface area contributed by atoms with E-state index >= 15 is 0 Å². The van der Waals surface area contributed by atoms with Gasteiger partial charge in [0.1, 0.15) is 0 Å². The van der Waals surface area contributed by atoms with Crippen LogP contribution in [0.2, 0.25) is 0 Å². The third kappa shape index (κ3) is 6.39. The Balaban J connectivity index is 2.23. The average molecular weight is 271 g/mol. The van der Waals surface area contributed by atoms with Gasteiger partial charge in [-0.2, -0.15) is 0 Å². The molecule has 1 rings (SSSR count). The lowest BCUT2D eigenvalue weighted by Crippen LogP contribution is -2.41. The Labute approximate surface area is 116 Å². The van der Waals surface area contributed by atoms with Gasteiger partial charge in [-0.1, -0.05) is 13.8 Å². The van der Waals surface area contributed by atoms with Gasteiger partial charge in [0.15, 0.2) is 0 Å². The van der Waals surface area contributed by atoms with Crippen LogP contribution in [0.1, 0.15) is 59.8 Å². The second kappa shape index (κ2) is 7.85. The number of carbonyl (C=O) groups is 1. The molecule has 0 spiro atoms. The van der Waals surface area contributed by atoms with E-state index in [1.54, 1.807) is 0 Å². The molecule has 4 nitrogen and oxygen atoms in total. The highest BCUT2D eigenvalue weighted by molar-refractivity contribution is 5.76. The zero-order valence-corrected chi connectivity index (χ0v) is 12.7. The largest absolute Gasteiger partial charge is 0.392 e. The molecule has 19 heavy (non-hydrogen) atoms. The molecule has 1 aliphatic rings. The van der Waals surface area contributed by atoms with Gasteiger partial charge in [0.25, 0.3) is 0 Å². The summed E-state index contributed by atoms with van der Waals surface area (Å²) in [6.07, 6.45) is 4.25. The first-order valence-corrected chi connectivity index (χ1v) is 7.51. The molecule has 0 aromatic rings. The van der Waals surface area contributed by atoms with Crippen LogP contribution in [0.4, 0.5) is 0 Å². The minimum absolute atomic E-state index is 0.0329. The second-order valence-corrected chi connectivity index (χ2v) is 6.24. The molecular weight excluding hydrogens is 242 g/mol. The van der Waals surface area contributed by atoms with Crippen molar-refractivity contribution in [1.29, 1.82) is 0 Å². The van der Waals surface area contributed by atoms with E-state index in [1.165, 1.54) is 0 Å². The van der Waals surface area contributed by atoms with Crippen molar-refractivity contribution in [1.82, 2.24) is 5.32 Å². The Hall–Kier alpha value is -0.610. The molecule has 1 unspecified atom stereocenters. The quantitative estimate of drug-likeness (QED) is 0.779. The first kappa shape index (κ1) is 16.4. The van der Waals surface area contributed by atoms with Gasteiger partial charge in [-0.3, -0.25) is 4.79 Å². The third-order valence-corrected chi connectivity index (χ3v) is 3.67. The predicted molar refractivity (Wildman–Crippen MR) is 75.9 cm³/mol. The van der Waals surface area contributed by atoms with E-state index in [0.29, 0.717) is 6.10 Å². The third-order valence-electron chi connectivity index (χ3n) is 3.67. The lowest BCUT2D eigenvalue weighted by atomic mass is 9.92. The van der Waals surface area contributed by atoms with Crippen LogP contribution >= 0.6 is 0 Å². The smallest absolute Gasteiger partial charge is 0.222 e. The van der Waals surface area contributed by atoms with E-state index in [0.717, 1.165) is 25.7 Å². The summed E-state index contributed by atoms with van der Waals surface area (Å²) in [4.78, 5) is 11.8. The number of hydrogen-bond donors (Lipinski definition) is 2. The highest BCUT2D eigenvalue weighted by atomic mass is 16.5. The van der Waals surface area contributed by atoms with E-state index in [4.69, 9.17) is 4.74 Å². The standard InChI is InChI=1S/C15H29NO3/c1-10(2)14(17)9-15(18)16-12-5-7-13(8-6-12)19-11(3)4/h10-14,17H,5-9H2,1-4H3,(H,16,18). The van der Waals surface area contributed by atoms with E-state index in [9.17, 15) is 9.90 Å². The number of carbonyl (C=O) groups excluding carboxylic acids is 1. The fourth-order valence-electron chi connectivity index (χ4n) is 2.44. The van der Waals surface area contributed by atoms with Gasteiger partial charge in [0.2, 0.25) is 5.91 Å². The van der Waals surface area contributed by atoms with Gasteiger partial charge < -0.3 is 15.2 Å². The molecular formula is C15H29NO3. The molecule has 0 bridgehead atoms. The van der Waals surface area contributed by atoms with Crippen molar-refractivity contribution in [2.24, 2.45) is 5.92 Å². The maximum Gasteiger partial charge on any atom is 0.222 e. The Morgan fingerprint density at radius 1 is 1.21 bits per heavy atom. The second-order valence-electron chi connectivity index (χ2n) is 6.24. The molecule has 0 aliphatic heterocycles. The number of nitrogens with one attached hydrogen (secondary N) is 1. The number of amides is 1. The first-order chi connectivity index (χ1) is 8.88. The number of ether oxygens (including phenoxy) is 1. The fourth-order valence-corrected chi connectivity index (χ4v) is 2.44. The van der Waals surface area contributed by atoms with Crippen molar-refractivity contribution in [2.75, 3.05) is 0 Å². The molecule has 1 amide bonds. The van der Waals surface area contributed by atoms with Crippen LogP contribution in [-0.4, -0.2) is 35.4 Å². The lowest BCUT2D eigenvalue weighted by Gasteiger charge is -2.30. The van der Waals surface area contributed by atoms with Crippen LogP contribution in [0, 0.1) is 5.92 Å². The molecule has 4 heteroatoms. The van der Waals surface area contributed by atoms with Gasteiger partial charge in [-0.15, -0.1) is 0 Å². The van der Waals surface area contributed by atoms with E-state index in [-0.39, 0.29) is 30.4 Å². The van der Waals surface area contributed by atoms with Crippen molar-refractivity contribution in [3.8, 4) is 0 Å². The molecule has 1 atom stereocenters. The van der Waals surface area contributed by atoms with Gasteiger partial charge in [-0.25, -0.2) is 0 Å². The fraction of sp³-hybridized carbons (Fsp3) is 0.933. The van der Waals surface area contributed by atoms with Gasteiger partial charge >= 0.3 is 0 Å². The minimum Gasteiger partial charge on any atom is -0.392 e. The monoisotopic (exact) mass is 271 g/mol. The van der Waals surface area contributed by atoms with Gasteiger partial charge in [0, 0.05) is 6.04 Å².